The van der Waals surface area contributed by atoms with Crippen LogP contribution in [0.5, 0.6) is 11.5 Å². The van der Waals surface area contributed by atoms with Crippen LogP contribution in [0.25, 0.3) is 0 Å². The summed E-state index contributed by atoms with van der Waals surface area (Å²) in [6.07, 6.45) is 0. The SMILES string of the molecule is COc1ccc(C(=O)Nc2ccc(N3CCNC(=O)C3)cc2)cc1OC. The lowest BCUT2D eigenvalue weighted by molar-refractivity contribution is -0.120. The van der Waals surface area contributed by atoms with Gasteiger partial charge in [-0.15, -0.1) is 0 Å². The molecule has 26 heavy (non-hydrogen) atoms. The molecule has 2 aromatic carbocycles. The Bertz CT molecular complexity index is 805. The molecule has 0 aliphatic carbocycles. The van der Waals surface area contributed by atoms with E-state index in [9.17, 15) is 9.59 Å². The van der Waals surface area contributed by atoms with E-state index in [0.29, 0.717) is 35.8 Å². The number of amides is 2. The first-order chi connectivity index (χ1) is 12.6. The van der Waals surface area contributed by atoms with Gasteiger partial charge in [-0.2, -0.15) is 0 Å². The Morgan fingerprint density at radius 3 is 2.46 bits per heavy atom. The molecule has 0 bridgehead atoms. The topological polar surface area (TPSA) is 79.9 Å². The molecular weight excluding hydrogens is 334 g/mol. The second-order valence-corrected chi connectivity index (χ2v) is 5.84. The fourth-order valence-electron chi connectivity index (χ4n) is 2.80. The maximum absolute atomic E-state index is 12.4. The number of nitrogens with zero attached hydrogens (tertiary/aromatic N) is 1. The van der Waals surface area contributed by atoms with Crippen molar-refractivity contribution in [3.05, 3.63) is 48.0 Å². The average Bonchev–Trinajstić information content (AvgIpc) is 2.68. The van der Waals surface area contributed by atoms with Gasteiger partial charge < -0.3 is 25.0 Å². The second-order valence-electron chi connectivity index (χ2n) is 5.84. The molecule has 2 N–H and O–H groups in total. The Balaban J connectivity index is 1.69. The molecule has 3 rings (SSSR count). The number of rotatable bonds is 5. The number of carbonyl (C=O) groups is 2. The summed E-state index contributed by atoms with van der Waals surface area (Å²) >= 11 is 0. The van der Waals surface area contributed by atoms with Crippen molar-refractivity contribution in [3.8, 4) is 11.5 Å². The van der Waals surface area contributed by atoms with Crippen molar-refractivity contribution in [1.29, 1.82) is 0 Å². The molecule has 0 radical (unpaired) electrons. The van der Waals surface area contributed by atoms with Crippen LogP contribution < -0.4 is 25.0 Å². The lowest BCUT2D eigenvalue weighted by Crippen LogP contribution is -2.47. The Hall–Kier alpha value is -3.22. The van der Waals surface area contributed by atoms with Crippen LogP contribution in [0.4, 0.5) is 11.4 Å². The summed E-state index contributed by atoms with van der Waals surface area (Å²) < 4.78 is 10.4. The quantitative estimate of drug-likeness (QED) is 0.856. The number of carbonyl (C=O) groups excluding carboxylic acids is 2. The number of hydrogen-bond donors (Lipinski definition) is 2. The van der Waals surface area contributed by atoms with Crippen molar-refractivity contribution < 1.29 is 19.1 Å². The molecular formula is C19H21N3O4. The van der Waals surface area contributed by atoms with Gasteiger partial charge in [0.2, 0.25) is 5.91 Å². The molecule has 1 aliphatic rings. The van der Waals surface area contributed by atoms with E-state index in [-0.39, 0.29) is 11.8 Å². The highest BCUT2D eigenvalue weighted by Crippen LogP contribution is 2.28. The van der Waals surface area contributed by atoms with Crippen LogP contribution in [-0.2, 0) is 4.79 Å². The van der Waals surface area contributed by atoms with Gasteiger partial charge in [-0.25, -0.2) is 0 Å². The van der Waals surface area contributed by atoms with Crippen molar-refractivity contribution in [2.24, 2.45) is 0 Å². The lowest BCUT2D eigenvalue weighted by Gasteiger charge is -2.28. The van der Waals surface area contributed by atoms with Gasteiger partial charge in [-0.3, -0.25) is 9.59 Å². The van der Waals surface area contributed by atoms with E-state index in [0.717, 1.165) is 12.2 Å². The highest BCUT2D eigenvalue weighted by atomic mass is 16.5. The Morgan fingerprint density at radius 1 is 1.08 bits per heavy atom. The third kappa shape index (κ3) is 3.88. The number of nitrogens with one attached hydrogen (secondary N) is 2. The van der Waals surface area contributed by atoms with Crippen molar-refractivity contribution in [2.75, 3.05) is 44.1 Å². The molecule has 7 nitrogen and oxygen atoms in total. The smallest absolute Gasteiger partial charge is 0.255 e. The predicted octanol–water partition coefficient (Wildman–Crippen LogP) is 1.89. The van der Waals surface area contributed by atoms with Gasteiger partial charge in [-0.1, -0.05) is 0 Å². The van der Waals surface area contributed by atoms with Gasteiger partial charge >= 0.3 is 0 Å². The molecule has 1 aliphatic heterocycles. The molecule has 0 saturated carbocycles. The van der Waals surface area contributed by atoms with Gasteiger partial charge in [0, 0.05) is 30.0 Å². The number of ether oxygens (including phenoxy) is 2. The first-order valence-electron chi connectivity index (χ1n) is 8.26. The Morgan fingerprint density at radius 2 is 1.81 bits per heavy atom. The first-order valence-corrected chi connectivity index (χ1v) is 8.26. The summed E-state index contributed by atoms with van der Waals surface area (Å²) in [5.74, 6) is 0.844. The molecule has 0 atom stereocenters. The number of hydrogen-bond acceptors (Lipinski definition) is 5. The molecule has 0 spiro atoms. The van der Waals surface area contributed by atoms with Gasteiger partial charge in [0.05, 0.1) is 20.8 Å². The van der Waals surface area contributed by atoms with Crippen LogP contribution in [-0.4, -0.2) is 45.7 Å². The van der Waals surface area contributed by atoms with Gasteiger partial charge in [0.15, 0.2) is 11.5 Å². The maximum atomic E-state index is 12.4. The van der Waals surface area contributed by atoms with E-state index in [1.165, 1.54) is 7.11 Å². The van der Waals surface area contributed by atoms with Gasteiger partial charge in [0.25, 0.3) is 5.91 Å². The van der Waals surface area contributed by atoms with E-state index in [4.69, 9.17) is 9.47 Å². The van der Waals surface area contributed by atoms with Crippen LogP contribution >= 0.6 is 0 Å². The molecule has 0 unspecified atom stereocenters. The summed E-state index contributed by atoms with van der Waals surface area (Å²) in [7, 11) is 3.07. The van der Waals surface area contributed by atoms with Crippen LogP contribution in [0.15, 0.2) is 42.5 Å². The zero-order chi connectivity index (χ0) is 18.5. The van der Waals surface area contributed by atoms with E-state index in [1.807, 2.05) is 29.2 Å². The summed E-state index contributed by atoms with van der Waals surface area (Å²) in [5.41, 5.74) is 2.10. The molecule has 0 aromatic heterocycles. The van der Waals surface area contributed by atoms with E-state index in [2.05, 4.69) is 10.6 Å². The minimum Gasteiger partial charge on any atom is -0.493 e. The number of piperazine rings is 1. The minimum absolute atomic E-state index is 0.0158. The molecule has 1 fully saturated rings. The van der Waals surface area contributed by atoms with Crippen LogP contribution in [0.1, 0.15) is 10.4 Å². The highest BCUT2D eigenvalue weighted by molar-refractivity contribution is 6.04. The Kier molecular flexibility index (Phi) is 5.26. The number of methoxy groups -OCH3 is 2. The molecule has 1 saturated heterocycles. The fraction of sp³-hybridized carbons (Fsp3) is 0.263. The van der Waals surface area contributed by atoms with Crippen LogP contribution in [0.3, 0.4) is 0 Å². The van der Waals surface area contributed by atoms with E-state index in [1.54, 1.807) is 25.3 Å². The summed E-state index contributed by atoms with van der Waals surface area (Å²) in [4.78, 5) is 25.9. The molecule has 2 aromatic rings. The number of anilines is 2. The normalized spacial score (nSPS) is 13.8. The van der Waals surface area contributed by atoms with Crippen molar-refractivity contribution >= 4 is 23.2 Å². The van der Waals surface area contributed by atoms with Crippen LogP contribution in [0, 0.1) is 0 Å². The molecule has 7 heteroatoms. The van der Waals surface area contributed by atoms with Crippen LogP contribution in [0.2, 0.25) is 0 Å². The molecule has 2 amide bonds. The minimum atomic E-state index is -0.240. The van der Waals surface area contributed by atoms with Crippen molar-refractivity contribution in [2.45, 2.75) is 0 Å². The summed E-state index contributed by atoms with van der Waals surface area (Å²) in [6, 6.07) is 12.4. The van der Waals surface area contributed by atoms with E-state index < -0.39 is 0 Å². The summed E-state index contributed by atoms with van der Waals surface area (Å²) in [6.45, 7) is 1.75. The van der Waals surface area contributed by atoms with Gasteiger partial charge in [0.1, 0.15) is 0 Å². The predicted molar refractivity (Wildman–Crippen MR) is 99.2 cm³/mol. The van der Waals surface area contributed by atoms with Crippen molar-refractivity contribution in [3.63, 3.8) is 0 Å². The zero-order valence-electron chi connectivity index (χ0n) is 14.7. The highest BCUT2D eigenvalue weighted by Gasteiger charge is 2.16. The lowest BCUT2D eigenvalue weighted by atomic mass is 10.1. The zero-order valence-corrected chi connectivity index (χ0v) is 14.7. The number of benzene rings is 2. The monoisotopic (exact) mass is 355 g/mol. The standard InChI is InChI=1S/C19H21N3O4/c1-25-16-8-3-13(11-17(16)26-2)19(24)21-14-4-6-15(7-5-14)22-10-9-20-18(23)12-22/h3-8,11H,9-10,12H2,1-2H3,(H,20,23)(H,21,24). The average molecular weight is 355 g/mol. The molecule has 136 valence electrons. The molecule has 1 heterocycles. The first kappa shape index (κ1) is 17.6. The second kappa shape index (κ2) is 7.77. The van der Waals surface area contributed by atoms with Gasteiger partial charge in [-0.05, 0) is 42.5 Å². The largest absolute Gasteiger partial charge is 0.493 e. The third-order valence-electron chi connectivity index (χ3n) is 4.17. The maximum Gasteiger partial charge on any atom is 0.255 e. The fourth-order valence-corrected chi connectivity index (χ4v) is 2.80. The van der Waals surface area contributed by atoms with E-state index >= 15 is 0 Å². The summed E-state index contributed by atoms with van der Waals surface area (Å²) in [5, 5.41) is 5.65. The Labute approximate surface area is 151 Å². The third-order valence-corrected chi connectivity index (χ3v) is 4.17. The van der Waals surface area contributed by atoms with Crippen molar-refractivity contribution in [1.82, 2.24) is 5.32 Å².